The lowest BCUT2D eigenvalue weighted by atomic mass is 10.2. The van der Waals surface area contributed by atoms with Crippen molar-refractivity contribution in [2.45, 2.75) is 52.4 Å². The highest BCUT2D eigenvalue weighted by atomic mass is 127. The van der Waals surface area contributed by atoms with Crippen LogP contribution in [0.25, 0.3) is 0 Å². The molecule has 1 saturated heterocycles. The van der Waals surface area contributed by atoms with Crippen LogP contribution < -0.4 is 10.6 Å². The molecule has 1 fully saturated rings. The average Bonchev–Trinajstić information content (AvgIpc) is 3.01. The standard InChI is InChI=1S/C22H31N5.HI/c1-4-23-22(25-14-21-17(2)9-8-12-24-21)26-20-13-18(3)27(16-20)15-19-10-6-5-7-11-19;/h5-12,18,20H,4,13-16H2,1-3H3,(H2,23,25,26);1H. The number of likely N-dealkylation sites (tertiary alicyclic amines) is 1. The fourth-order valence-corrected chi connectivity index (χ4v) is 3.59. The molecule has 152 valence electrons. The van der Waals surface area contributed by atoms with Gasteiger partial charge >= 0.3 is 0 Å². The monoisotopic (exact) mass is 493 g/mol. The molecule has 6 heteroatoms. The van der Waals surface area contributed by atoms with Crippen molar-refractivity contribution in [3.63, 3.8) is 0 Å². The molecular weight excluding hydrogens is 461 g/mol. The van der Waals surface area contributed by atoms with E-state index in [9.17, 15) is 0 Å². The van der Waals surface area contributed by atoms with Crippen LogP contribution in [-0.4, -0.2) is 41.0 Å². The minimum atomic E-state index is 0. The summed E-state index contributed by atoms with van der Waals surface area (Å²) in [6, 6.07) is 15.7. The maximum Gasteiger partial charge on any atom is 0.191 e. The van der Waals surface area contributed by atoms with Crippen molar-refractivity contribution in [1.82, 2.24) is 20.5 Å². The van der Waals surface area contributed by atoms with Crippen molar-refractivity contribution in [2.75, 3.05) is 13.1 Å². The van der Waals surface area contributed by atoms with Crippen LogP contribution in [0.1, 0.15) is 37.1 Å². The first-order valence-corrected chi connectivity index (χ1v) is 9.89. The molecule has 1 aromatic carbocycles. The molecular formula is C22H32IN5. The molecule has 5 nitrogen and oxygen atoms in total. The van der Waals surface area contributed by atoms with Gasteiger partial charge in [0.2, 0.25) is 0 Å². The number of nitrogens with one attached hydrogen (secondary N) is 2. The van der Waals surface area contributed by atoms with Crippen molar-refractivity contribution < 1.29 is 0 Å². The van der Waals surface area contributed by atoms with Crippen LogP contribution in [0.4, 0.5) is 0 Å². The lowest BCUT2D eigenvalue weighted by Crippen LogP contribution is -2.44. The molecule has 0 aliphatic carbocycles. The van der Waals surface area contributed by atoms with E-state index in [1.54, 1.807) is 0 Å². The minimum Gasteiger partial charge on any atom is -0.357 e. The molecule has 1 aliphatic heterocycles. The van der Waals surface area contributed by atoms with Crippen LogP contribution in [0.15, 0.2) is 53.7 Å². The van der Waals surface area contributed by atoms with E-state index >= 15 is 0 Å². The molecule has 2 heterocycles. The maximum absolute atomic E-state index is 4.76. The molecule has 2 N–H and O–H groups in total. The first-order valence-electron chi connectivity index (χ1n) is 9.89. The van der Waals surface area contributed by atoms with Crippen LogP contribution in [0.5, 0.6) is 0 Å². The second kappa shape index (κ2) is 11.4. The normalized spacial score (nSPS) is 19.9. The van der Waals surface area contributed by atoms with Gasteiger partial charge in [-0.25, -0.2) is 4.99 Å². The van der Waals surface area contributed by atoms with Gasteiger partial charge in [0.15, 0.2) is 5.96 Å². The molecule has 0 amide bonds. The summed E-state index contributed by atoms with van der Waals surface area (Å²) in [6.45, 7) is 9.97. The summed E-state index contributed by atoms with van der Waals surface area (Å²) in [7, 11) is 0. The first kappa shape index (κ1) is 22.6. The van der Waals surface area contributed by atoms with Crippen LogP contribution >= 0.6 is 24.0 Å². The maximum atomic E-state index is 4.76. The Hall–Kier alpha value is -1.67. The van der Waals surface area contributed by atoms with Crippen molar-refractivity contribution in [3.8, 4) is 0 Å². The summed E-state index contributed by atoms with van der Waals surface area (Å²) in [5.41, 5.74) is 3.58. The van der Waals surface area contributed by atoms with E-state index in [-0.39, 0.29) is 24.0 Å². The summed E-state index contributed by atoms with van der Waals surface area (Å²) in [5.74, 6) is 0.876. The van der Waals surface area contributed by atoms with E-state index < -0.39 is 0 Å². The highest BCUT2D eigenvalue weighted by molar-refractivity contribution is 14.0. The molecule has 0 radical (unpaired) electrons. The van der Waals surface area contributed by atoms with Gasteiger partial charge in [-0.15, -0.1) is 24.0 Å². The number of rotatable bonds is 6. The topological polar surface area (TPSA) is 52.6 Å². The van der Waals surface area contributed by atoms with E-state index in [0.29, 0.717) is 18.6 Å². The zero-order valence-electron chi connectivity index (χ0n) is 17.1. The zero-order valence-corrected chi connectivity index (χ0v) is 19.4. The highest BCUT2D eigenvalue weighted by Gasteiger charge is 2.29. The molecule has 2 atom stereocenters. The Morgan fingerprint density at radius 3 is 2.71 bits per heavy atom. The third-order valence-corrected chi connectivity index (χ3v) is 5.12. The molecule has 1 aromatic heterocycles. The minimum absolute atomic E-state index is 0. The van der Waals surface area contributed by atoms with E-state index in [1.807, 2.05) is 12.3 Å². The highest BCUT2D eigenvalue weighted by Crippen LogP contribution is 2.20. The fraction of sp³-hybridized carbons (Fsp3) is 0.455. The Bertz CT molecular complexity index is 750. The zero-order chi connectivity index (χ0) is 19.1. The van der Waals surface area contributed by atoms with Gasteiger partial charge in [0, 0.05) is 37.9 Å². The smallest absolute Gasteiger partial charge is 0.191 e. The third kappa shape index (κ3) is 6.44. The van der Waals surface area contributed by atoms with Crippen molar-refractivity contribution in [2.24, 2.45) is 4.99 Å². The Balaban J connectivity index is 0.00000280. The van der Waals surface area contributed by atoms with Gasteiger partial charge in [0.1, 0.15) is 0 Å². The Morgan fingerprint density at radius 2 is 2.00 bits per heavy atom. The number of aryl methyl sites for hydroxylation is 1. The van der Waals surface area contributed by atoms with Gasteiger partial charge in [0.25, 0.3) is 0 Å². The number of aromatic nitrogens is 1. The van der Waals surface area contributed by atoms with Crippen LogP contribution in [0, 0.1) is 6.92 Å². The summed E-state index contributed by atoms with van der Waals surface area (Å²) in [4.78, 5) is 11.7. The molecule has 28 heavy (non-hydrogen) atoms. The predicted molar refractivity (Wildman–Crippen MR) is 127 cm³/mol. The Kier molecular flexibility index (Phi) is 9.18. The average molecular weight is 493 g/mol. The lowest BCUT2D eigenvalue weighted by Gasteiger charge is -2.21. The number of nitrogens with zero attached hydrogens (tertiary/aromatic N) is 3. The second-order valence-corrected chi connectivity index (χ2v) is 7.30. The molecule has 3 rings (SSSR count). The van der Waals surface area contributed by atoms with Gasteiger partial charge in [0.05, 0.1) is 12.2 Å². The Labute approximate surface area is 186 Å². The quantitative estimate of drug-likeness (QED) is 0.366. The Morgan fingerprint density at radius 1 is 1.21 bits per heavy atom. The van der Waals surface area contributed by atoms with Crippen LogP contribution in [0.2, 0.25) is 0 Å². The van der Waals surface area contributed by atoms with Gasteiger partial charge in [-0.05, 0) is 44.4 Å². The summed E-state index contributed by atoms with van der Waals surface area (Å²) >= 11 is 0. The fourth-order valence-electron chi connectivity index (χ4n) is 3.59. The largest absolute Gasteiger partial charge is 0.357 e. The van der Waals surface area contributed by atoms with Crippen LogP contribution in [-0.2, 0) is 13.1 Å². The third-order valence-electron chi connectivity index (χ3n) is 5.12. The molecule has 2 unspecified atom stereocenters. The SMILES string of the molecule is CCNC(=NCc1ncccc1C)NC1CC(C)N(Cc2ccccc2)C1.I. The number of hydrogen-bond acceptors (Lipinski definition) is 3. The van der Waals surface area contributed by atoms with E-state index in [4.69, 9.17) is 4.99 Å². The van der Waals surface area contributed by atoms with E-state index in [0.717, 1.165) is 37.7 Å². The predicted octanol–water partition coefficient (Wildman–Crippen LogP) is 3.73. The number of pyridine rings is 1. The lowest BCUT2D eigenvalue weighted by molar-refractivity contribution is 0.258. The first-order chi connectivity index (χ1) is 13.2. The molecule has 2 aromatic rings. The number of halogens is 1. The van der Waals surface area contributed by atoms with Crippen molar-refractivity contribution in [1.29, 1.82) is 0 Å². The van der Waals surface area contributed by atoms with Crippen molar-refractivity contribution in [3.05, 3.63) is 65.5 Å². The van der Waals surface area contributed by atoms with Crippen molar-refractivity contribution >= 4 is 29.9 Å². The number of aliphatic imine (C=N–C) groups is 1. The summed E-state index contributed by atoms with van der Waals surface area (Å²) in [6.07, 6.45) is 2.96. The van der Waals surface area contributed by atoms with E-state index in [1.165, 1.54) is 11.1 Å². The van der Waals surface area contributed by atoms with E-state index in [2.05, 4.69) is 77.7 Å². The molecule has 0 bridgehead atoms. The summed E-state index contributed by atoms with van der Waals surface area (Å²) < 4.78 is 0. The molecule has 1 aliphatic rings. The number of benzene rings is 1. The van der Waals surface area contributed by atoms with Gasteiger partial charge in [-0.2, -0.15) is 0 Å². The molecule has 0 spiro atoms. The van der Waals surface area contributed by atoms with Gasteiger partial charge in [-0.3, -0.25) is 9.88 Å². The number of guanidine groups is 1. The second-order valence-electron chi connectivity index (χ2n) is 7.30. The molecule has 0 saturated carbocycles. The van der Waals surface area contributed by atoms with Crippen LogP contribution in [0.3, 0.4) is 0 Å². The summed E-state index contributed by atoms with van der Waals surface area (Å²) in [5, 5.41) is 6.99. The van der Waals surface area contributed by atoms with Gasteiger partial charge < -0.3 is 10.6 Å². The van der Waals surface area contributed by atoms with Gasteiger partial charge in [-0.1, -0.05) is 36.4 Å². The number of hydrogen-bond donors (Lipinski definition) is 2.